The summed E-state index contributed by atoms with van der Waals surface area (Å²) in [7, 11) is 0. The largest absolute Gasteiger partial charge is 0.303 e. The van der Waals surface area contributed by atoms with Crippen LogP contribution in [0.5, 0.6) is 0 Å². The topological polar surface area (TPSA) is 3.24 Å². The van der Waals surface area contributed by atoms with Gasteiger partial charge in [-0.05, 0) is 76.9 Å². The van der Waals surface area contributed by atoms with Crippen molar-refractivity contribution in [2.45, 2.75) is 57.8 Å². The smallest absolute Gasteiger partial charge is 0.00185 e. The highest BCUT2D eigenvalue weighted by Gasteiger charge is 2.25. The Balaban J connectivity index is 1.42. The van der Waals surface area contributed by atoms with Crippen LogP contribution in [-0.4, -0.2) is 24.5 Å². The summed E-state index contributed by atoms with van der Waals surface area (Å²) in [5.41, 5.74) is 3.62. The molecule has 0 aromatic heterocycles. The van der Waals surface area contributed by atoms with Gasteiger partial charge in [-0.2, -0.15) is 0 Å². The summed E-state index contributed by atoms with van der Waals surface area (Å²) in [5.74, 6) is 0.940. The number of hydrogen-bond acceptors (Lipinski definition) is 1. The summed E-state index contributed by atoms with van der Waals surface area (Å²) < 4.78 is 0. The molecule has 0 amide bonds. The van der Waals surface area contributed by atoms with Crippen molar-refractivity contribution in [3.05, 3.63) is 23.3 Å². The molecule has 1 unspecified atom stereocenters. The first-order valence-electron chi connectivity index (χ1n) is 8.01. The second-order valence-corrected chi connectivity index (χ2v) is 6.29. The molecule has 100 valence electrons. The van der Waals surface area contributed by atoms with Crippen LogP contribution in [-0.2, 0) is 0 Å². The van der Waals surface area contributed by atoms with E-state index in [1.807, 2.05) is 5.57 Å². The Morgan fingerprint density at radius 3 is 2.78 bits per heavy atom. The lowest BCUT2D eigenvalue weighted by Gasteiger charge is -2.27. The zero-order valence-electron chi connectivity index (χ0n) is 11.7. The van der Waals surface area contributed by atoms with Crippen molar-refractivity contribution in [2.75, 3.05) is 19.6 Å². The van der Waals surface area contributed by atoms with Gasteiger partial charge in [0, 0.05) is 0 Å². The SMILES string of the molecule is C1=CCC2=C(C1)CCC2CCCN1CCCCC1. The summed E-state index contributed by atoms with van der Waals surface area (Å²) >= 11 is 0. The maximum atomic E-state index is 2.69. The molecule has 0 aromatic rings. The molecule has 0 bridgehead atoms. The molecule has 2 aliphatic carbocycles. The van der Waals surface area contributed by atoms with Gasteiger partial charge in [0.2, 0.25) is 0 Å². The summed E-state index contributed by atoms with van der Waals surface area (Å²) in [5, 5.41) is 0. The first-order valence-corrected chi connectivity index (χ1v) is 8.01. The van der Waals surface area contributed by atoms with Crippen LogP contribution in [0.15, 0.2) is 23.3 Å². The van der Waals surface area contributed by atoms with Crippen LogP contribution in [0, 0.1) is 5.92 Å². The van der Waals surface area contributed by atoms with Crippen LogP contribution in [0.4, 0.5) is 0 Å². The Hall–Kier alpha value is -0.560. The molecular formula is C17H27N. The van der Waals surface area contributed by atoms with Crippen LogP contribution < -0.4 is 0 Å². The Morgan fingerprint density at radius 1 is 1.06 bits per heavy atom. The third kappa shape index (κ3) is 2.88. The van der Waals surface area contributed by atoms with E-state index in [4.69, 9.17) is 0 Å². The normalized spacial score (nSPS) is 28.8. The van der Waals surface area contributed by atoms with E-state index >= 15 is 0 Å². The third-order valence-corrected chi connectivity index (χ3v) is 5.09. The fourth-order valence-corrected chi connectivity index (χ4v) is 4.01. The number of allylic oxidation sites excluding steroid dienone is 4. The second-order valence-electron chi connectivity index (χ2n) is 6.29. The minimum Gasteiger partial charge on any atom is -0.303 e. The number of likely N-dealkylation sites (tertiary alicyclic amines) is 1. The summed E-state index contributed by atoms with van der Waals surface area (Å²) in [6, 6.07) is 0. The lowest BCUT2D eigenvalue weighted by Crippen LogP contribution is -2.30. The lowest BCUT2D eigenvalue weighted by molar-refractivity contribution is 0.221. The van der Waals surface area contributed by atoms with Crippen molar-refractivity contribution < 1.29 is 0 Å². The van der Waals surface area contributed by atoms with E-state index < -0.39 is 0 Å². The van der Waals surface area contributed by atoms with Gasteiger partial charge in [-0.25, -0.2) is 0 Å². The average molecular weight is 245 g/mol. The monoisotopic (exact) mass is 245 g/mol. The molecular weight excluding hydrogens is 218 g/mol. The van der Waals surface area contributed by atoms with E-state index in [0.717, 1.165) is 5.92 Å². The van der Waals surface area contributed by atoms with Crippen molar-refractivity contribution in [3.63, 3.8) is 0 Å². The first-order chi connectivity index (χ1) is 8.93. The molecule has 0 radical (unpaired) electrons. The van der Waals surface area contributed by atoms with E-state index in [2.05, 4.69) is 17.1 Å². The molecule has 1 saturated heterocycles. The van der Waals surface area contributed by atoms with E-state index in [1.54, 1.807) is 5.57 Å². The molecule has 0 saturated carbocycles. The summed E-state index contributed by atoms with van der Waals surface area (Å²) in [6.45, 7) is 4.08. The quantitative estimate of drug-likeness (QED) is 0.667. The van der Waals surface area contributed by atoms with E-state index in [-0.39, 0.29) is 0 Å². The average Bonchev–Trinajstić information content (AvgIpc) is 2.84. The van der Waals surface area contributed by atoms with Crippen LogP contribution in [0.3, 0.4) is 0 Å². The van der Waals surface area contributed by atoms with Gasteiger partial charge in [-0.3, -0.25) is 0 Å². The van der Waals surface area contributed by atoms with Crippen molar-refractivity contribution in [3.8, 4) is 0 Å². The lowest BCUT2D eigenvalue weighted by atomic mass is 9.90. The van der Waals surface area contributed by atoms with Gasteiger partial charge in [-0.1, -0.05) is 29.7 Å². The highest BCUT2D eigenvalue weighted by atomic mass is 15.1. The Morgan fingerprint density at radius 2 is 1.89 bits per heavy atom. The predicted molar refractivity (Wildman–Crippen MR) is 77.6 cm³/mol. The van der Waals surface area contributed by atoms with Gasteiger partial charge in [0.1, 0.15) is 0 Å². The van der Waals surface area contributed by atoms with Gasteiger partial charge in [0.15, 0.2) is 0 Å². The molecule has 1 aliphatic heterocycles. The van der Waals surface area contributed by atoms with Gasteiger partial charge in [-0.15, -0.1) is 0 Å². The predicted octanol–water partition coefficient (Wildman–Crippen LogP) is 4.31. The van der Waals surface area contributed by atoms with Crippen molar-refractivity contribution in [1.82, 2.24) is 4.90 Å². The van der Waals surface area contributed by atoms with E-state index in [9.17, 15) is 0 Å². The molecule has 1 heterocycles. The van der Waals surface area contributed by atoms with Crippen LogP contribution >= 0.6 is 0 Å². The minimum atomic E-state index is 0.940. The first kappa shape index (κ1) is 12.5. The highest BCUT2D eigenvalue weighted by molar-refractivity contribution is 5.30. The van der Waals surface area contributed by atoms with Crippen LogP contribution in [0.25, 0.3) is 0 Å². The standard InChI is InChI=1S/C17H27N/c1-4-12-18(13-5-1)14-6-8-16-11-10-15-7-2-3-9-17(15)16/h2-3,16H,1,4-14H2. The molecule has 1 fully saturated rings. The number of piperidine rings is 1. The summed E-state index contributed by atoms with van der Waals surface area (Å²) in [4.78, 5) is 2.69. The van der Waals surface area contributed by atoms with Crippen molar-refractivity contribution >= 4 is 0 Å². The molecule has 1 heteroatoms. The minimum absolute atomic E-state index is 0.940. The molecule has 18 heavy (non-hydrogen) atoms. The summed E-state index contributed by atoms with van der Waals surface area (Å²) in [6.07, 6.45) is 17.3. The third-order valence-electron chi connectivity index (χ3n) is 5.09. The number of hydrogen-bond donors (Lipinski definition) is 0. The van der Waals surface area contributed by atoms with E-state index in [0.29, 0.717) is 0 Å². The highest BCUT2D eigenvalue weighted by Crippen LogP contribution is 2.40. The van der Waals surface area contributed by atoms with Gasteiger partial charge >= 0.3 is 0 Å². The fraction of sp³-hybridized carbons (Fsp3) is 0.765. The van der Waals surface area contributed by atoms with Crippen LogP contribution in [0.2, 0.25) is 0 Å². The number of rotatable bonds is 4. The molecule has 0 N–H and O–H groups in total. The second kappa shape index (κ2) is 6.06. The van der Waals surface area contributed by atoms with Crippen molar-refractivity contribution in [2.24, 2.45) is 5.92 Å². The molecule has 0 spiro atoms. The van der Waals surface area contributed by atoms with E-state index in [1.165, 1.54) is 77.4 Å². The molecule has 1 nitrogen and oxygen atoms in total. The Bertz CT molecular complexity index is 334. The maximum Gasteiger partial charge on any atom is -0.00185 e. The van der Waals surface area contributed by atoms with Gasteiger partial charge < -0.3 is 4.90 Å². The van der Waals surface area contributed by atoms with Crippen molar-refractivity contribution in [1.29, 1.82) is 0 Å². The Kier molecular flexibility index (Phi) is 4.20. The molecule has 1 atom stereocenters. The fourth-order valence-electron chi connectivity index (χ4n) is 4.01. The maximum absolute atomic E-state index is 2.69. The number of nitrogens with zero attached hydrogens (tertiary/aromatic N) is 1. The zero-order chi connectivity index (χ0) is 12.2. The van der Waals surface area contributed by atoms with Crippen LogP contribution in [0.1, 0.15) is 57.8 Å². The van der Waals surface area contributed by atoms with Gasteiger partial charge in [0.05, 0.1) is 0 Å². The molecule has 3 aliphatic rings. The molecule has 3 rings (SSSR count). The molecule has 0 aromatic carbocycles. The zero-order valence-corrected chi connectivity index (χ0v) is 11.7. The Labute approximate surface area is 112 Å². The van der Waals surface area contributed by atoms with Gasteiger partial charge in [0.25, 0.3) is 0 Å².